The van der Waals surface area contributed by atoms with Crippen LogP contribution >= 0.6 is 0 Å². The summed E-state index contributed by atoms with van der Waals surface area (Å²) in [5, 5.41) is 11.4. The standard InChI is InChI=1S/C16H11F3N4O2/c1-2-25-16(24)13-7-14(9-3-4-20-21-8-9)23(22-13)10-5-11(17)15(19)12(18)6-10/h3-8H,2H2,1H3. The highest BCUT2D eigenvalue weighted by Crippen LogP contribution is 2.25. The van der Waals surface area contributed by atoms with Gasteiger partial charge >= 0.3 is 5.97 Å². The van der Waals surface area contributed by atoms with Crippen LogP contribution in [-0.2, 0) is 4.74 Å². The van der Waals surface area contributed by atoms with Gasteiger partial charge in [0.25, 0.3) is 0 Å². The lowest BCUT2D eigenvalue weighted by atomic mass is 10.2. The van der Waals surface area contributed by atoms with Crippen LogP contribution in [-0.4, -0.2) is 32.6 Å². The van der Waals surface area contributed by atoms with Gasteiger partial charge in [-0.2, -0.15) is 15.3 Å². The average molecular weight is 348 g/mol. The second-order valence-electron chi connectivity index (χ2n) is 4.90. The van der Waals surface area contributed by atoms with Gasteiger partial charge in [-0.15, -0.1) is 0 Å². The number of hydrogen-bond donors (Lipinski definition) is 0. The first-order valence-electron chi connectivity index (χ1n) is 7.20. The van der Waals surface area contributed by atoms with Gasteiger partial charge in [-0.25, -0.2) is 22.6 Å². The Labute approximate surface area is 139 Å². The fraction of sp³-hybridized carbons (Fsp3) is 0.125. The number of ether oxygens (including phenoxy) is 1. The zero-order valence-corrected chi connectivity index (χ0v) is 12.9. The van der Waals surface area contributed by atoms with E-state index in [2.05, 4.69) is 15.3 Å². The van der Waals surface area contributed by atoms with E-state index in [9.17, 15) is 18.0 Å². The highest BCUT2D eigenvalue weighted by atomic mass is 19.2. The highest BCUT2D eigenvalue weighted by molar-refractivity contribution is 5.89. The predicted molar refractivity (Wildman–Crippen MR) is 80.4 cm³/mol. The first-order valence-corrected chi connectivity index (χ1v) is 7.20. The third kappa shape index (κ3) is 3.21. The molecule has 25 heavy (non-hydrogen) atoms. The molecule has 0 saturated heterocycles. The fourth-order valence-corrected chi connectivity index (χ4v) is 2.19. The quantitative estimate of drug-likeness (QED) is 0.536. The van der Waals surface area contributed by atoms with Crippen LogP contribution in [0, 0.1) is 17.5 Å². The van der Waals surface area contributed by atoms with E-state index in [-0.39, 0.29) is 18.0 Å². The van der Waals surface area contributed by atoms with Crippen LogP contribution in [0.25, 0.3) is 16.9 Å². The van der Waals surface area contributed by atoms with Gasteiger partial charge in [0.2, 0.25) is 0 Å². The van der Waals surface area contributed by atoms with Gasteiger partial charge in [-0.1, -0.05) is 0 Å². The van der Waals surface area contributed by atoms with E-state index < -0.39 is 23.4 Å². The summed E-state index contributed by atoms with van der Waals surface area (Å²) in [6, 6.07) is 4.51. The van der Waals surface area contributed by atoms with E-state index in [0.29, 0.717) is 11.3 Å². The first kappa shape index (κ1) is 16.6. The lowest BCUT2D eigenvalue weighted by molar-refractivity contribution is 0.0519. The van der Waals surface area contributed by atoms with E-state index in [1.54, 1.807) is 13.0 Å². The molecule has 0 spiro atoms. The zero-order chi connectivity index (χ0) is 18.0. The average Bonchev–Trinajstić information content (AvgIpc) is 3.06. The van der Waals surface area contributed by atoms with Gasteiger partial charge in [0.15, 0.2) is 23.1 Å². The molecule has 6 nitrogen and oxygen atoms in total. The van der Waals surface area contributed by atoms with E-state index >= 15 is 0 Å². The van der Waals surface area contributed by atoms with E-state index in [1.165, 1.54) is 18.5 Å². The Morgan fingerprint density at radius 2 is 1.88 bits per heavy atom. The van der Waals surface area contributed by atoms with Gasteiger partial charge in [-0.05, 0) is 19.1 Å². The summed E-state index contributed by atoms with van der Waals surface area (Å²) in [6.07, 6.45) is 2.79. The Bertz CT molecular complexity index is 905. The van der Waals surface area contributed by atoms with Crippen molar-refractivity contribution in [2.24, 2.45) is 0 Å². The third-order valence-corrected chi connectivity index (χ3v) is 3.29. The topological polar surface area (TPSA) is 69.9 Å². The summed E-state index contributed by atoms with van der Waals surface area (Å²) in [5.74, 6) is -5.04. The van der Waals surface area contributed by atoms with Gasteiger partial charge in [0.05, 0.1) is 30.4 Å². The minimum Gasteiger partial charge on any atom is -0.461 e. The number of rotatable bonds is 4. The summed E-state index contributed by atoms with van der Waals surface area (Å²) < 4.78 is 46.4. The van der Waals surface area contributed by atoms with Gasteiger partial charge < -0.3 is 4.74 Å². The van der Waals surface area contributed by atoms with Crippen molar-refractivity contribution >= 4 is 5.97 Å². The number of aromatic nitrogens is 4. The van der Waals surface area contributed by atoms with E-state index in [0.717, 1.165) is 16.8 Å². The van der Waals surface area contributed by atoms with Crippen LogP contribution in [0.15, 0.2) is 36.7 Å². The van der Waals surface area contributed by atoms with Crippen molar-refractivity contribution in [1.29, 1.82) is 0 Å². The summed E-state index contributed by atoms with van der Waals surface area (Å²) in [4.78, 5) is 11.9. The van der Waals surface area contributed by atoms with Crippen LogP contribution in [0.1, 0.15) is 17.4 Å². The molecule has 0 unspecified atom stereocenters. The van der Waals surface area contributed by atoms with Crippen LogP contribution < -0.4 is 0 Å². The predicted octanol–water partition coefficient (Wildman–Crippen LogP) is 2.92. The Morgan fingerprint density at radius 1 is 1.16 bits per heavy atom. The molecule has 0 atom stereocenters. The summed E-state index contributed by atoms with van der Waals surface area (Å²) in [5.41, 5.74) is 0.629. The lowest BCUT2D eigenvalue weighted by Crippen LogP contribution is -2.07. The van der Waals surface area contributed by atoms with Crippen molar-refractivity contribution in [1.82, 2.24) is 20.0 Å². The number of esters is 1. The van der Waals surface area contributed by atoms with Crippen LogP contribution in [0.5, 0.6) is 0 Å². The summed E-state index contributed by atoms with van der Waals surface area (Å²) in [6.45, 7) is 1.77. The summed E-state index contributed by atoms with van der Waals surface area (Å²) in [7, 11) is 0. The number of halogens is 3. The molecule has 3 rings (SSSR count). The highest BCUT2D eigenvalue weighted by Gasteiger charge is 2.20. The second kappa shape index (κ2) is 6.71. The third-order valence-electron chi connectivity index (χ3n) is 3.29. The number of hydrogen-bond acceptors (Lipinski definition) is 5. The molecule has 0 aliphatic heterocycles. The van der Waals surface area contributed by atoms with Gasteiger partial charge in [-0.3, -0.25) is 0 Å². The Kier molecular flexibility index (Phi) is 4.46. The van der Waals surface area contributed by atoms with Crippen LogP contribution in [0.3, 0.4) is 0 Å². The monoisotopic (exact) mass is 348 g/mol. The smallest absolute Gasteiger partial charge is 0.358 e. The number of carbonyl (C=O) groups is 1. The van der Waals surface area contributed by atoms with E-state index in [1.807, 2.05) is 0 Å². The maximum Gasteiger partial charge on any atom is 0.358 e. The molecule has 0 aliphatic carbocycles. The van der Waals surface area contributed by atoms with Gasteiger partial charge in [0, 0.05) is 17.7 Å². The molecule has 2 heterocycles. The maximum absolute atomic E-state index is 13.6. The molecule has 0 fully saturated rings. The Balaban J connectivity index is 2.19. The van der Waals surface area contributed by atoms with Crippen molar-refractivity contribution in [3.63, 3.8) is 0 Å². The molecule has 0 bridgehead atoms. The van der Waals surface area contributed by atoms with Crippen molar-refractivity contribution in [3.05, 3.63) is 59.8 Å². The van der Waals surface area contributed by atoms with Crippen LogP contribution in [0.4, 0.5) is 13.2 Å². The zero-order valence-electron chi connectivity index (χ0n) is 12.9. The van der Waals surface area contributed by atoms with Crippen molar-refractivity contribution in [2.45, 2.75) is 6.92 Å². The Morgan fingerprint density at radius 3 is 2.48 bits per heavy atom. The molecular formula is C16H11F3N4O2. The molecule has 2 aromatic heterocycles. The second-order valence-corrected chi connectivity index (χ2v) is 4.90. The largest absolute Gasteiger partial charge is 0.461 e. The SMILES string of the molecule is CCOC(=O)c1cc(-c2ccnnc2)n(-c2cc(F)c(F)c(F)c2)n1. The minimum atomic E-state index is -1.59. The molecule has 0 amide bonds. The lowest BCUT2D eigenvalue weighted by Gasteiger charge is -2.08. The van der Waals surface area contributed by atoms with Crippen molar-refractivity contribution < 1.29 is 22.7 Å². The maximum atomic E-state index is 13.6. The number of nitrogens with zero attached hydrogens (tertiary/aromatic N) is 4. The first-order chi connectivity index (χ1) is 12.0. The molecule has 9 heteroatoms. The normalized spacial score (nSPS) is 10.7. The van der Waals surface area contributed by atoms with Crippen molar-refractivity contribution in [2.75, 3.05) is 6.61 Å². The molecule has 0 saturated carbocycles. The number of carbonyl (C=O) groups excluding carboxylic acids is 1. The Hall–Kier alpha value is -3.23. The molecule has 3 aromatic rings. The molecule has 0 aliphatic rings. The van der Waals surface area contributed by atoms with Crippen molar-refractivity contribution in [3.8, 4) is 16.9 Å². The molecule has 0 N–H and O–H groups in total. The molecule has 1 aromatic carbocycles. The molecular weight excluding hydrogens is 337 g/mol. The number of benzene rings is 1. The van der Waals surface area contributed by atoms with Gasteiger partial charge in [0.1, 0.15) is 0 Å². The molecule has 0 radical (unpaired) electrons. The molecule has 128 valence electrons. The summed E-state index contributed by atoms with van der Waals surface area (Å²) >= 11 is 0. The minimum absolute atomic E-state index is 0.0706. The van der Waals surface area contributed by atoms with Crippen LogP contribution in [0.2, 0.25) is 0 Å². The fourth-order valence-electron chi connectivity index (χ4n) is 2.19. The van der Waals surface area contributed by atoms with E-state index in [4.69, 9.17) is 4.74 Å².